The van der Waals surface area contributed by atoms with Gasteiger partial charge in [0.1, 0.15) is 24.2 Å². The molecule has 3 aliphatic carbocycles. The highest BCUT2D eigenvalue weighted by Gasteiger charge is 2.63. The maximum atomic E-state index is 13.4. The average molecular weight is 481 g/mol. The van der Waals surface area contributed by atoms with E-state index in [0.29, 0.717) is 29.5 Å². The van der Waals surface area contributed by atoms with Gasteiger partial charge in [-0.05, 0) is 86.6 Å². The molecule has 0 aliphatic heterocycles. The second kappa shape index (κ2) is 8.40. The molecule has 3 aliphatic rings. The Hall–Kier alpha value is -3.81. The van der Waals surface area contributed by atoms with Crippen LogP contribution in [-0.2, 0) is 4.79 Å². The van der Waals surface area contributed by atoms with Gasteiger partial charge in [-0.15, -0.1) is 0 Å². The second-order valence-electron chi connectivity index (χ2n) is 10.5. The Morgan fingerprint density at radius 3 is 2.69 bits per heavy atom. The molecule has 0 radical (unpaired) electrons. The number of hydrogen-bond donors (Lipinski definition) is 1. The van der Waals surface area contributed by atoms with Crippen LogP contribution < -0.4 is 10.1 Å². The van der Waals surface area contributed by atoms with E-state index >= 15 is 0 Å². The Balaban J connectivity index is 1.00. The highest BCUT2D eigenvalue weighted by atomic mass is 16.5. The Kier molecular flexibility index (Phi) is 5.01. The molecule has 0 spiro atoms. The first-order valence-electron chi connectivity index (χ1n) is 12.8. The van der Waals surface area contributed by atoms with Crippen molar-refractivity contribution in [2.45, 2.75) is 38.7 Å². The Morgan fingerprint density at radius 1 is 1.11 bits per heavy atom. The predicted molar refractivity (Wildman–Crippen MR) is 135 cm³/mol. The van der Waals surface area contributed by atoms with Crippen molar-refractivity contribution in [2.24, 2.45) is 29.6 Å². The Morgan fingerprint density at radius 2 is 1.97 bits per heavy atom. The molecular weight excluding hydrogens is 452 g/mol. The summed E-state index contributed by atoms with van der Waals surface area (Å²) in [5.74, 6) is 3.80. The fraction of sp³-hybridized carbons (Fsp3) is 0.393. The van der Waals surface area contributed by atoms with Gasteiger partial charge in [0.15, 0.2) is 0 Å². The number of fused-ring (bicyclic) bond motifs is 2. The Bertz CT molecular complexity index is 1400. The van der Waals surface area contributed by atoms with Gasteiger partial charge < -0.3 is 10.1 Å². The number of nitrogens with one attached hydrogen (secondary N) is 1. The lowest BCUT2D eigenvalue weighted by atomic mass is 9.91. The molecule has 8 nitrogen and oxygen atoms in total. The molecule has 7 rings (SSSR count). The van der Waals surface area contributed by atoms with Crippen LogP contribution >= 0.6 is 0 Å². The van der Waals surface area contributed by atoms with Crippen molar-refractivity contribution in [3.05, 3.63) is 67.0 Å². The molecule has 182 valence electrons. The zero-order chi connectivity index (χ0) is 24.2. The molecule has 3 heterocycles. The first kappa shape index (κ1) is 21.5. The van der Waals surface area contributed by atoms with Crippen molar-refractivity contribution in [2.75, 3.05) is 5.32 Å². The third kappa shape index (κ3) is 3.90. The van der Waals surface area contributed by atoms with Crippen molar-refractivity contribution < 1.29 is 9.53 Å². The normalized spacial score (nSPS) is 25.4. The fourth-order valence-electron chi connectivity index (χ4n) is 6.29. The smallest absolute Gasteiger partial charge is 0.229 e. The summed E-state index contributed by atoms with van der Waals surface area (Å²) in [6, 6.07) is 12.0. The third-order valence-corrected chi connectivity index (χ3v) is 8.15. The molecule has 8 heteroatoms. The van der Waals surface area contributed by atoms with Crippen LogP contribution in [0.3, 0.4) is 0 Å². The van der Waals surface area contributed by atoms with Crippen molar-refractivity contribution >= 4 is 22.6 Å². The summed E-state index contributed by atoms with van der Waals surface area (Å²) in [6.45, 7) is 2.09. The molecule has 1 aromatic carbocycles. The third-order valence-electron chi connectivity index (χ3n) is 8.15. The number of pyridine rings is 2. The molecule has 3 aromatic heterocycles. The highest BCUT2D eigenvalue weighted by molar-refractivity contribution is 5.92. The summed E-state index contributed by atoms with van der Waals surface area (Å²) in [6.07, 6.45) is 11.2. The van der Waals surface area contributed by atoms with Crippen LogP contribution in [0.4, 0.5) is 5.82 Å². The van der Waals surface area contributed by atoms with Crippen LogP contribution in [0.15, 0.2) is 61.4 Å². The number of nitrogens with zero attached hydrogens (tertiary/aromatic N) is 5. The second-order valence-corrected chi connectivity index (χ2v) is 10.5. The maximum Gasteiger partial charge on any atom is 0.229 e. The molecule has 36 heavy (non-hydrogen) atoms. The quantitative estimate of drug-likeness (QED) is 0.416. The lowest BCUT2D eigenvalue weighted by Gasteiger charge is -2.22. The minimum absolute atomic E-state index is 0.0714. The highest BCUT2D eigenvalue weighted by Crippen LogP contribution is 2.64. The number of carbonyl (C=O) groups is 1. The first-order valence-corrected chi connectivity index (χ1v) is 12.8. The van der Waals surface area contributed by atoms with E-state index in [1.165, 1.54) is 11.9 Å². The Labute approximate surface area is 209 Å². The molecule has 3 saturated carbocycles. The predicted octanol–water partition coefficient (Wildman–Crippen LogP) is 4.59. The van der Waals surface area contributed by atoms with E-state index in [9.17, 15) is 4.79 Å². The summed E-state index contributed by atoms with van der Waals surface area (Å²) >= 11 is 0. The van der Waals surface area contributed by atoms with Crippen LogP contribution in [0.25, 0.3) is 16.6 Å². The lowest BCUT2D eigenvalue weighted by Crippen LogP contribution is -2.29. The van der Waals surface area contributed by atoms with Crippen LogP contribution in [0.5, 0.6) is 5.75 Å². The number of benzene rings is 1. The number of hydrogen-bond acceptors (Lipinski definition) is 6. The van der Waals surface area contributed by atoms with E-state index in [1.54, 1.807) is 17.2 Å². The largest absolute Gasteiger partial charge is 0.490 e. The SMILES string of the molecule is Cc1ccc2nccc(OC3C[C@@H]4C(C(C(=O)Nc5ccc(-n6cncn6)cn5)C5CC5)[C@@H]4C3)c2c1. The van der Waals surface area contributed by atoms with Crippen LogP contribution in [-0.4, -0.2) is 36.7 Å². The molecule has 3 unspecified atom stereocenters. The van der Waals surface area contributed by atoms with E-state index in [2.05, 4.69) is 50.5 Å². The lowest BCUT2D eigenvalue weighted by molar-refractivity contribution is -0.121. The number of aromatic nitrogens is 5. The van der Waals surface area contributed by atoms with Crippen LogP contribution in [0.2, 0.25) is 0 Å². The van der Waals surface area contributed by atoms with Crippen LogP contribution in [0.1, 0.15) is 31.2 Å². The van der Waals surface area contributed by atoms with E-state index in [0.717, 1.165) is 48.0 Å². The minimum Gasteiger partial charge on any atom is -0.490 e. The minimum atomic E-state index is 0.0714. The zero-order valence-corrected chi connectivity index (χ0v) is 20.1. The molecule has 0 bridgehead atoms. The van der Waals surface area contributed by atoms with E-state index in [1.807, 2.05) is 24.4 Å². The molecule has 5 atom stereocenters. The first-order chi connectivity index (χ1) is 17.6. The van der Waals surface area contributed by atoms with Crippen molar-refractivity contribution in [3.63, 3.8) is 0 Å². The van der Waals surface area contributed by atoms with E-state index < -0.39 is 0 Å². The topological polar surface area (TPSA) is 94.8 Å². The van der Waals surface area contributed by atoms with Gasteiger partial charge in [-0.2, -0.15) is 5.10 Å². The summed E-state index contributed by atoms with van der Waals surface area (Å²) < 4.78 is 8.13. The molecule has 1 N–H and O–H groups in total. The molecular formula is C28H28N6O2. The van der Waals surface area contributed by atoms with Gasteiger partial charge in [0, 0.05) is 17.5 Å². The van der Waals surface area contributed by atoms with Gasteiger partial charge in [-0.3, -0.25) is 9.78 Å². The fourth-order valence-corrected chi connectivity index (χ4v) is 6.29. The van der Waals surface area contributed by atoms with Gasteiger partial charge in [0.25, 0.3) is 0 Å². The number of anilines is 1. The summed E-state index contributed by atoms with van der Waals surface area (Å²) in [5, 5.41) is 8.28. The number of amides is 1. The molecule has 0 saturated heterocycles. The number of carbonyl (C=O) groups excluding carboxylic acids is 1. The molecule has 3 fully saturated rings. The number of ether oxygens (including phenoxy) is 1. The van der Waals surface area contributed by atoms with Gasteiger partial charge in [-0.25, -0.2) is 14.6 Å². The van der Waals surface area contributed by atoms with Gasteiger partial charge in [-0.1, -0.05) is 11.6 Å². The zero-order valence-electron chi connectivity index (χ0n) is 20.1. The van der Waals surface area contributed by atoms with Crippen LogP contribution in [0, 0.1) is 36.5 Å². The summed E-state index contributed by atoms with van der Waals surface area (Å²) in [7, 11) is 0. The van der Waals surface area contributed by atoms with Gasteiger partial charge >= 0.3 is 0 Å². The standard InChI is InChI=1S/C28H28N6O2/c1-16-2-6-23-22(10-16)24(8-9-30-23)36-19-11-20-21(12-19)27(20)26(17-3-4-17)28(35)33-25-7-5-18(13-31-25)34-15-29-14-32-34/h2,5-10,13-15,17,19-21,26-27H,3-4,11-12H2,1H3,(H,31,33,35)/t19?,20-,21+,26?,27?. The van der Waals surface area contributed by atoms with Gasteiger partial charge in [0.05, 0.1) is 23.5 Å². The van der Waals surface area contributed by atoms with Crippen molar-refractivity contribution in [3.8, 4) is 11.4 Å². The van der Waals surface area contributed by atoms with Crippen molar-refractivity contribution in [1.29, 1.82) is 0 Å². The van der Waals surface area contributed by atoms with E-state index in [4.69, 9.17) is 4.74 Å². The molecule has 4 aromatic rings. The van der Waals surface area contributed by atoms with E-state index in [-0.39, 0.29) is 17.9 Å². The van der Waals surface area contributed by atoms with Crippen molar-refractivity contribution in [1.82, 2.24) is 24.7 Å². The number of aryl methyl sites for hydroxylation is 1. The maximum absolute atomic E-state index is 13.4. The molecule has 1 amide bonds. The van der Waals surface area contributed by atoms with Gasteiger partial charge in [0.2, 0.25) is 5.91 Å². The number of rotatable bonds is 7. The summed E-state index contributed by atoms with van der Waals surface area (Å²) in [5.41, 5.74) is 2.98. The monoisotopic (exact) mass is 480 g/mol. The average Bonchev–Trinajstić information content (AvgIpc) is 3.69. The summed E-state index contributed by atoms with van der Waals surface area (Å²) in [4.78, 5) is 26.2.